The summed E-state index contributed by atoms with van der Waals surface area (Å²) in [6.07, 6.45) is 5.71. The third kappa shape index (κ3) is 5.04. The van der Waals surface area contributed by atoms with Gasteiger partial charge in [-0.25, -0.2) is 18.4 Å². The molecule has 1 saturated carbocycles. The number of carbonyl (C=O) groups is 1. The minimum Gasteiger partial charge on any atom is -0.494 e. The molecule has 0 unspecified atom stereocenters. The van der Waals surface area contributed by atoms with Crippen molar-refractivity contribution < 1.29 is 17.9 Å². The number of ether oxygens (including phenoxy) is 1. The Kier molecular flexibility index (Phi) is 6.76. The summed E-state index contributed by atoms with van der Waals surface area (Å²) >= 11 is 0. The first-order valence-corrected chi connectivity index (χ1v) is 14.2. The molecule has 39 heavy (non-hydrogen) atoms. The van der Waals surface area contributed by atoms with Gasteiger partial charge < -0.3 is 15.4 Å². The third-order valence-corrected chi connectivity index (χ3v) is 8.69. The molecule has 0 atom stereocenters. The number of pyridine rings is 1. The Morgan fingerprint density at radius 1 is 1.08 bits per heavy atom. The highest BCUT2D eigenvalue weighted by Gasteiger charge is 2.55. The monoisotopic (exact) mass is 548 g/mol. The summed E-state index contributed by atoms with van der Waals surface area (Å²) in [4.78, 5) is 21.4. The molecule has 13 heteroatoms. The Hall–Kier alpha value is -4.39. The lowest BCUT2D eigenvalue weighted by molar-refractivity contribution is 0.0988. The lowest BCUT2D eigenvalue weighted by Gasteiger charge is -2.17. The van der Waals surface area contributed by atoms with Crippen molar-refractivity contribution in [2.45, 2.75) is 30.9 Å². The molecule has 0 saturated heterocycles. The van der Waals surface area contributed by atoms with Gasteiger partial charge in [-0.05, 0) is 37.1 Å². The summed E-state index contributed by atoms with van der Waals surface area (Å²) in [5, 5.41) is 19.1. The fourth-order valence-corrected chi connectivity index (χ4v) is 5.72. The van der Waals surface area contributed by atoms with Crippen LogP contribution in [0, 0.1) is 0 Å². The van der Waals surface area contributed by atoms with Gasteiger partial charge in [0.1, 0.15) is 16.9 Å². The molecule has 12 nitrogen and oxygen atoms in total. The van der Waals surface area contributed by atoms with E-state index < -0.39 is 14.6 Å². The first-order chi connectivity index (χ1) is 18.6. The number of benzene rings is 1. The second-order valence-corrected chi connectivity index (χ2v) is 11.7. The number of para-hydroxylation sites is 1. The summed E-state index contributed by atoms with van der Waals surface area (Å²) in [5.41, 5.74) is 2.67. The molecule has 2 N–H and O–H groups in total. The van der Waals surface area contributed by atoms with Crippen molar-refractivity contribution in [3.63, 3.8) is 0 Å². The van der Waals surface area contributed by atoms with Crippen LogP contribution in [0.25, 0.3) is 11.4 Å². The Labute approximate surface area is 225 Å². The van der Waals surface area contributed by atoms with Crippen LogP contribution in [0.15, 0.2) is 48.9 Å². The average molecular weight is 549 g/mol. The minimum absolute atomic E-state index is 0.0854. The second-order valence-electron chi connectivity index (χ2n) is 9.34. The number of nitrogens with zero attached hydrogens (tertiary/aromatic N) is 6. The molecule has 1 aromatic carbocycles. The number of ketones is 1. The van der Waals surface area contributed by atoms with E-state index in [1.807, 2.05) is 18.2 Å². The normalized spacial score (nSPS) is 14.1. The molecule has 0 spiro atoms. The van der Waals surface area contributed by atoms with Gasteiger partial charge in [0, 0.05) is 32.0 Å². The van der Waals surface area contributed by atoms with Gasteiger partial charge in [0.05, 0.1) is 35.3 Å². The first kappa shape index (κ1) is 26.2. The molecule has 3 aromatic heterocycles. The summed E-state index contributed by atoms with van der Waals surface area (Å²) in [6, 6.07) is 10.6. The highest BCUT2D eigenvalue weighted by Crippen LogP contribution is 2.51. The largest absolute Gasteiger partial charge is 0.494 e. The molecular weight excluding hydrogens is 520 g/mol. The molecule has 3 heterocycles. The number of methoxy groups -OCH3 is 1. The predicted octanol–water partition coefficient (Wildman–Crippen LogP) is 3.79. The zero-order chi connectivity index (χ0) is 27.8. The van der Waals surface area contributed by atoms with Gasteiger partial charge in [-0.1, -0.05) is 13.0 Å². The maximum absolute atomic E-state index is 12.7. The fourth-order valence-electron chi connectivity index (χ4n) is 4.38. The average Bonchev–Trinajstić information content (AvgIpc) is 3.64. The molecular formula is C26H28N8O4S. The van der Waals surface area contributed by atoms with E-state index in [0.717, 1.165) is 0 Å². The molecule has 0 bridgehead atoms. The van der Waals surface area contributed by atoms with Gasteiger partial charge in [-0.3, -0.25) is 9.48 Å². The van der Waals surface area contributed by atoms with Crippen molar-refractivity contribution in [1.82, 2.24) is 29.9 Å². The molecule has 0 aliphatic heterocycles. The van der Waals surface area contributed by atoms with E-state index in [4.69, 9.17) is 4.74 Å². The van der Waals surface area contributed by atoms with Gasteiger partial charge in [0.2, 0.25) is 0 Å². The van der Waals surface area contributed by atoms with Crippen LogP contribution in [-0.2, 0) is 21.6 Å². The van der Waals surface area contributed by atoms with E-state index in [0.29, 0.717) is 70.7 Å². The van der Waals surface area contributed by atoms with Gasteiger partial charge in [0.15, 0.2) is 33.0 Å². The quantitative estimate of drug-likeness (QED) is 0.278. The van der Waals surface area contributed by atoms with Crippen molar-refractivity contribution in [3.8, 4) is 17.1 Å². The number of anilines is 4. The lowest BCUT2D eigenvalue weighted by Crippen LogP contribution is -2.21. The van der Waals surface area contributed by atoms with E-state index in [-0.39, 0.29) is 5.78 Å². The molecule has 1 aliphatic rings. The van der Waals surface area contributed by atoms with Crippen LogP contribution in [0.3, 0.4) is 0 Å². The molecule has 1 aliphatic carbocycles. The van der Waals surface area contributed by atoms with Crippen LogP contribution in [0.2, 0.25) is 0 Å². The third-order valence-electron chi connectivity index (χ3n) is 6.66. The van der Waals surface area contributed by atoms with Crippen LogP contribution >= 0.6 is 0 Å². The van der Waals surface area contributed by atoms with Crippen LogP contribution < -0.4 is 15.4 Å². The molecule has 5 rings (SSSR count). The van der Waals surface area contributed by atoms with E-state index in [2.05, 4.69) is 35.9 Å². The summed E-state index contributed by atoms with van der Waals surface area (Å²) < 4.78 is 30.8. The molecule has 202 valence electrons. The van der Waals surface area contributed by atoms with Crippen molar-refractivity contribution >= 4 is 38.6 Å². The van der Waals surface area contributed by atoms with Gasteiger partial charge in [-0.15, -0.1) is 5.10 Å². The number of nitrogens with one attached hydrogen (secondary N) is 2. The Morgan fingerprint density at radius 2 is 1.87 bits per heavy atom. The van der Waals surface area contributed by atoms with Crippen molar-refractivity contribution in [2.24, 2.45) is 7.05 Å². The van der Waals surface area contributed by atoms with Crippen molar-refractivity contribution in [1.29, 1.82) is 0 Å². The predicted molar refractivity (Wildman–Crippen MR) is 146 cm³/mol. The molecule has 0 amide bonds. The fraction of sp³-hybridized carbons (Fsp3) is 0.308. The highest BCUT2D eigenvalue weighted by molar-refractivity contribution is 7.91. The van der Waals surface area contributed by atoms with Crippen LogP contribution in [0.4, 0.5) is 23.0 Å². The smallest absolute Gasteiger partial charge is 0.184 e. The summed E-state index contributed by atoms with van der Waals surface area (Å²) in [6.45, 7) is 1.78. The Bertz CT molecular complexity index is 1650. The van der Waals surface area contributed by atoms with E-state index >= 15 is 0 Å². The van der Waals surface area contributed by atoms with Gasteiger partial charge in [0.25, 0.3) is 0 Å². The van der Waals surface area contributed by atoms with E-state index in [9.17, 15) is 13.2 Å². The maximum atomic E-state index is 12.7. The van der Waals surface area contributed by atoms with Gasteiger partial charge in [-0.2, -0.15) is 10.2 Å². The number of rotatable bonds is 10. The minimum atomic E-state index is -3.29. The Balaban J connectivity index is 1.46. The lowest BCUT2D eigenvalue weighted by atomic mass is 10.1. The number of aromatic nitrogens is 6. The number of hydrogen-bond acceptors (Lipinski definition) is 11. The first-order valence-electron chi connectivity index (χ1n) is 12.3. The van der Waals surface area contributed by atoms with Crippen molar-refractivity contribution in [3.05, 3.63) is 60.2 Å². The summed E-state index contributed by atoms with van der Waals surface area (Å²) in [5.74, 6) is 1.74. The second kappa shape index (κ2) is 10.1. The number of carbonyl (C=O) groups excluding carboxylic acids is 1. The SMILES string of the molecule is CCC(=O)c1cnc(Nc2ccc(C3(S(C)(=O)=O)CC3)nn2)cc1Nc1cccc(-c2ncn(C)n2)c1OC. The molecule has 1 fully saturated rings. The zero-order valence-electron chi connectivity index (χ0n) is 22.0. The standard InChI is InChI=1S/C26H28N8O4S/c1-5-20(35)17-14-27-23(30-22-10-9-21(31-32-22)26(11-12-26)39(4,36)37)13-19(17)29-18-8-6-7-16(24(18)38-3)25-28-15-34(2)33-25/h6-10,13-15H,5,11-12H2,1-4H3,(H2,27,29,30,32). The number of hydrogen-bond donors (Lipinski definition) is 2. The van der Waals surface area contributed by atoms with Gasteiger partial charge >= 0.3 is 0 Å². The number of aryl methyl sites for hydroxylation is 1. The highest BCUT2D eigenvalue weighted by atomic mass is 32.2. The van der Waals surface area contributed by atoms with Crippen LogP contribution in [0.5, 0.6) is 5.75 Å². The zero-order valence-corrected chi connectivity index (χ0v) is 22.8. The topological polar surface area (TPSA) is 154 Å². The molecule has 0 radical (unpaired) electrons. The van der Waals surface area contributed by atoms with E-state index in [1.165, 1.54) is 12.5 Å². The Morgan fingerprint density at radius 3 is 2.46 bits per heavy atom. The van der Waals surface area contributed by atoms with Crippen LogP contribution in [0.1, 0.15) is 42.2 Å². The van der Waals surface area contributed by atoms with E-state index in [1.54, 1.807) is 50.3 Å². The maximum Gasteiger partial charge on any atom is 0.184 e. The molecule has 4 aromatic rings. The van der Waals surface area contributed by atoms with Crippen LogP contribution in [-0.4, -0.2) is 57.5 Å². The number of sulfone groups is 1. The summed E-state index contributed by atoms with van der Waals surface area (Å²) in [7, 11) is 0.0554. The number of Topliss-reactive ketones (excluding diaryl/α,β-unsaturated/α-hetero) is 1. The van der Waals surface area contributed by atoms with Crippen molar-refractivity contribution in [2.75, 3.05) is 24.0 Å².